The van der Waals surface area contributed by atoms with Crippen LogP contribution in [0.4, 0.5) is 11.6 Å². The maximum absolute atomic E-state index is 4.40. The molecular weight excluding hydrogens is 270 g/mol. The van der Waals surface area contributed by atoms with Gasteiger partial charge in [0.25, 0.3) is 0 Å². The lowest BCUT2D eigenvalue weighted by molar-refractivity contribution is 0.314. The SMILES string of the molecule is CCCc1c(NC)ncnc1NCCN1CCSCC1. The molecule has 1 saturated heterocycles. The summed E-state index contributed by atoms with van der Waals surface area (Å²) in [4.78, 5) is 11.2. The monoisotopic (exact) mass is 295 g/mol. The Bertz CT molecular complexity index is 407. The van der Waals surface area contributed by atoms with Crippen LogP contribution in [0.5, 0.6) is 0 Å². The Morgan fingerprint density at radius 3 is 2.70 bits per heavy atom. The van der Waals surface area contributed by atoms with Gasteiger partial charge in [-0.05, 0) is 6.42 Å². The second-order valence-corrected chi connectivity index (χ2v) is 6.15. The van der Waals surface area contributed by atoms with Crippen molar-refractivity contribution >= 4 is 23.4 Å². The molecule has 0 atom stereocenters. The highest BCUT2D eigenvalue weighted by Crippen LogP contribution is 2.21. The lowest BCUT2D eigenvalue weighted by Gasteiger charge is -2.26. The molecule has 0 bridgehead atoms. The first-order valence-electron chi connectivity index (χ1n) is 7.40. The van der Waals surface area contributed by atoms with Crippen LogP contribution >= 0.6 is 11.8 Å². The maximum atomic E-state index is 4.40. The van der Waals surface area contributed by atoms with Crippen LogP contribution in [0.25, 0.3) is 0 Å². The van der Waals surface area contributed by atoms with E-state index in [9.17, 15) is 0 Å². The average molecular weight is 295 g/mol. The molecular formula is C14H25N5S. The molecule has 2 rings (SSSR count). The van der Waals surface area contributed by atoms with Gasteiger partial charge in [-0.1, -0.05) is 13.3 Å². The summed E-state index contributed by atoms with van der Waals surface area (Å²) in [6, 6.07) is 0. The molecule has 1 aliphatic heterocycles. The second-order valence-electron chi connectivity index (χ2n) is 4.93. The van der Waals surface area contributed by atoms with Gasteiger partial charge in [0.2, 0.25) is 0 Å². The topological polar surface area (TPSA) is 53.1 Å². The van der Waals surface area contributed by atoms with Crippen molar-refractivity contribution in [2.75, 3.05) is 55.4 Å². The van der Waals surface area contributed by atoms with Gasteiger partial charge in [-0.15, -0.1) is 0 Å². The molecule has 1 aromatic rings. The molecule has 1 fully saturated rings. The number of hydrogen-bond donors (Lipinski definition) is 2. The standard InChI is InChI=1S/C14H25N5S/c1-3-4-12-13(15-2)17-11-18-14(12)16-5-6-19-7-9-20-10-8-19/h11H,3-10H2,1-2H3,(H2,15,16,17,18). The van der Waals surface area contributed by atoms with E-state index in [1.54, 1.807) is 6.33 Å². The van der Waals surface area contributed by atoms with E-state index in [2.05, 4.69) is 44.2 Å². The smallest absolute Gasteiger partial charge is 0.134 e. The van der Waals surface area contributed by atoms with E-state index in [4.69, 9.17) is 0 Å². The molecule has 0 saturated carbocycles. The Kier molecular flexibility index (Phi) is 6.39. The lowest BCUT2D eigenvalue weighted by Crippen LogP contribution is -2.36. The highest BCUT2D eigenvalue weighted by atomic mass is 32.2. The van der Waals surface area contributed by atoms with Crippen LogP contribution in [-0.4, -0.2) is 59.6 Å². The van der Waals surface area contributed by atoms with Crippen molar-refractivity contribution in [1.82, 2.24) is 14.9 Å². The van der Waals surface area contributed by atoms with Crippen LogP contribution in [-0.2, 0) is 6.42 Å². The Morgan fingerprint density at radius 1 is 1.25 bits per heavy atom. The molecule has 20 heavy (non-hydrogen) atoms. The van der Waals surface area contributed by atoms with Crippen LogP contribution in [0.2, 0.25) is 0 Å². The van der Waals surface area contributed by atoms with E-state index >= 15 is 0 Å². The number of thioether (sulfide) groups is 1. The number of aromatic nitrogens is 2. The molecule has 1 aromatic heterocycles. The summed E-state index contributed by atoms with van der Waals surface area (Å²) in [5, 5.41) is 6.64. The first-order valence-corrected chi connectivity index (χ1v) is 8.56. The van der Waals surface area contributed by atoms with E-state index in [0.29, 0.717) is 0 Å². The number of nitrogens with one attached hydrogen (secondary N) is 2. The molecule has 0 aromatic carbocycles. The quantitative estimate of drug-likeness (QED) is 0.802. The fourth-order valence-electron chi connectivity index (χ4n) is 2.42. The van der Waals surface area contributed by atoms with E-state index in [1.165, 1.54) is 30.2 Å². The van der Waals surface area contributed by atoms with Gasteiger partial charge < -0.3 is 10.6 Å². The van der Waals surface area contributed by atoms with Crippen molar-refractivity contribution in [2.24, 2.45) is 0 Å². The molecule has 0 amide bonds. The highest BCUT2D eigenvalue weighted by molar-refractivity contribution is 7.99. The minimum atomic E-state index is 0.943. The zero-order valence-electron chi connectivity index (χ0n) is 12.5. The summed E-state index contributed by atoms with van der Waals surface area (Å²) < 4.78 is 0. The van der Waals surface area contributed by atoms with Crippen LogP contribution in [0.15, 0.2) is 6.33 Å². The zero-order valence-corrected chi connectivity index (χ0v) is 13.3. The summed E-state index contributed by atoms with van der Waals surface area (Å²) >= 11 is 2.05. The molecule has 1 aliphatic rings. The number of nitrogens with zero attached hydrogens (tertiary/aromatic N) is 3. The zero-order chi connectivity index (χ0) is 14.2. The largest absolute Gasteiger partial charge is 0.373 e. The van der Waals surface area contributed by atoms with Gasteiger partial charge in [0.15, 0.2) is 0 Å². The van der Waals surface area contributed by atoms with Crippen molar-refractivity contribution in [3.05, 3.63) is 11.9 Å². The second kappa shape index (κ2) is 8.32. The predicted octanol–water partition coefficient (Wildman–Crippen LogP) is 1.93. The van der Waals surface area contributed by atoms with Crippen molar-refractivity contribution in [3.8, 4) is 0 Å². The number of rotatable bonds is 7. The molecule has 2 heterocycles. The highest BCUT2D eigenvalue weighted by Gasteiger charge is 2.12. The normalized spacial score (nSPS) is 16.1. The van der Waals surface area contributed by atoms with Crippen LogP contribution in [0.1, 0.15) is 18.9 Å². The first-order chi connectivity index (χ1) is 9.85. The van der Waals surface area contributed by atoms with Crippen LogP contribution < -0.4 is 10.6 Å². The Morgan fingerprint density at radius 2 is 2.00 bits per heavy atom. The van der Waals surface area contributed by atoms with Crippen molar-refractivity contribution in [3.63, 3.8) is 0 Å². The van der Waals surface area contributed by atoms with Gasteiger partial charge in [-0.2, -0.15) is 11.8 Å². The van der Waals surface area contributed by atoms with Crippen molar-refractivity contribution < 1.29 is 0 Å². The third-order valence-corrected chi connectivity index (χ3v) is 4.45. The van der Waals surface area contributed by atoms with E-state index in [1.807, 2.05) is 7.05 Å². The molecule has 5 nitrogen and oxygen atoms in total. The van der Waals surface area contributed by atoms with Gasteiger partial charge in [-0.25, -0.2) is 9.97 Å². The van der Waals surface area contributed by atoms with Crippen LogP contribution in [0, 0.1) is 0 Å². The number of anilines is 2. The van der Waals surface area contributed by atoms with E-state index < -0.39 is 0 Å². The predicted molar refractivity (Wildman–Crippen MR) is 87.8 cm³/mol. The molecule has 6 heteroatoms. The van der Waals surface area contributed by atoms with Gasteiger partial charge in [-0.3, -0.25) is 4.90 Å². The maximum Gasteiger partial charge on any atom is 0.134 e. The van der Waals surface area contributed by atoms with Crippen LogP contribution in [0.3, 0.4) is 0 Å². The Hall–Kier alpha value is -1.01. The van der Waals surface area contributed by atoms with Gasteiger partial charge in [0.1, 0.15) is 18.0 Å². The first kappa shape index (κ1) is 15.4. The lowest BCUT2D eigenvalue weighted by atomic mass is 10.1. The molecule has 0 unspecified atom stereocenters. The summed E-state index contributed by atoms with van der Waals surface area (Å²) in [5.74, 6) is 4.45. The van der Waals surface area contributed by atoms with E-state index in [-0.39, 0.29) is 0 Å². The fourth-order valence-corrected chi connectivity index (χ4v) is 3.40. The summed E-state index contributed by atoms with van der Waals surface area (Å²) in [6.07, 6.45) is 3.73. The Labute approximate surface area is 125 Å². The van der Waals surface area contributed by atoms with Gasteiger partial charge >= 0.3 is 0 Å². The average Bonchev–Trinajstić information content (AvgIpc) is 2.50. The van der Waals surface area contributed by atoms with Gasteiger partial charge in [0.05, 0.1) is 0 Å². The summed E-state index contributed by atoms with van der Waals surface area (Å²) in [5.41, 5.74) is 1.20. The fraction of sp³-hybridized carbons (Fsp3) is 0.714. The molecule has 2 N–H and O–H groups in total. The summed E-state index contributed by atoms with van der Waals surface area (Å²) in [6.45, 7) is 6.63. The number of hydrogen-bond acceptors (Lipinski definition) is 6. The van der Waals surface area contributed by atoms with E-state index in [0.717, 1.165) is 37.6 Å². The van der Waals surface area contributed by atoms with Crippen molar-refractivity contribution in [1.29, 1.82) is 0 Å². The third-order valence-electron chi connectivity index (χ3n) is 3.51. The van der Waals surface area contributed by atoms with Gasteiger partial charge in [0, 0.05) is 50.3 Å². The Balaban J connectivity index is 1.90. The minimum Gasteiger partial charge on any atom is -0.373 e. The summed E-state index contributed by atoms with van der Waals surface area (Å²) in [7, 11) is 1.91. The van der Waals surface area contributed by atoms with Crippen molar-refractivity contribution in [2.45, 2.75) is 19.8 Å². The molecule has 0 aliphatic carbocycles. The molecule has 0 spiro atoms. The molecule has 112 valence electrons. The molecule has 0 radical (unpaired) electrons. The third kappa shape index (κ3) is 4.24. The minimum absolute atomic E-state index is 0.943.